The molecular weight excluding hydrogens is 558 g/mol. The summed E-state index contributed by atoms with van der Waals surface area (Å²) in [5.74, 6) is 0.882. The van der Waals surface area contributed by atoms with Crippen LogP contribution in [0.2, 0.25) is 0 Å². The smallest absolute Gasteiger partial charge is 0.318 e. The molecule has 0 spiro atoms. The summed E-state index contributed by atoms with van der Waals surface area (Å²) >= 11 is 0. The van der Waals surface area contributed by atoms with E-state index in [0.717, 1.165) is 79.3 Å². The molecule has 3 aliphatic heterocycles. The number of anilines is 2. The van der Waals surface area contributed by atoms with Gasteiger partial charge in [0.15, 0.2) is 0 Å². The highest BCUT2D eigenvalue weighted by molar-refractivity contribution is 5.95. The predicted molar refractivity (Wildman–Crippen MR) is 168 cm³/mol. The first-order valence-corrected chi connectivity index (χ1v) is 15.4. The van der Waals surface area contributed by atoms with E-state index in [1.165, 1.54) is 6.08 Å². The van der Waals surface area contributed by atoms with E-state index < -0.39 is 0 Å². The number of rotatable bonds is 9. The molecule has 11 nitrogen and oxygen atoms in total. The fraction of sp³-hybridized carbons (Fsp3) is 0.455. The van der Waals surface area contributed by atoms with Crippen molar-refractivity contribution in [2.75, 3.05) is 75.4 Å². The lowest BCUT2D eigenvalue weighted by atomic mass is 10.0. The van der Waals surface area contributed by atoms with E-state index in [1.807, 2.05) is 24.3 Å². The lowest BCUT2D eigenvalue weighted by Gasteiger charge is -2.42. The molecule has 1 amide bonds. The van der Waals surface area contributed by atoms with Gasteiger partial charge in [-0.25, -0.2) is 0 Å². The summed E-state index contributed by atoms with van der Waals surface area (Å²) in [4.78, 5) is 30.9. The molecule has 0 bridgehead atoms. The third kappa shape index (κ3) is 6.42. The molecule has 0 saturated carbocycles. The van der Waals surface area contributed by atoms with Gasteiger partial charge < -0.3 is 29.3 Å². The fourth-order valence-electron chi connectivity index (χ4n) is 6.47. The normalized spacial score (nSPS) is 19.0. The van der Waals surface area contributed by atoms with Gasteiger partial charge in [0.25, 0.3) is 0 Å². The minimum atomic E-state index is -0.262. The lowest BCUT2D eigenvalue weighted by Crippen LogP contribution is -2.55. The number of amides is 1. The second kappa shape index (κ2) is 13.5. The SMILES string of the molecule is C=CC(=O)N1CCN(c2nc(OCCCN3CCOCC3)nc3c2CCN(c2cc(O)cc4ccccc24)C3)CC1CC#N. The molecule has 0 radical (unpaired) electrons. The second-order valence-corrected chi connectivity index (χ2v) is 11.5. The van der Waals surface area contributed by atoms with Crippen molar-refractivity contribution in [2.24, 2.45) is 0 Å². The first-order chi connectivity index (χ1) is 21.5. The first kappa shape index (κ1) is 29.7. The van der Waals surface area contributed by atoms with Crippen LogP contribution < -0.4 is 14.5 Å². The number of hydrogen-bond acceptors (Lipinski definition) is 10. The number of carbonyl (C=O) groups is 1. The van der Waals surface area contributed by atoms with Gasteiger partial charge in [-0.2, -0.15) is 15.2 Å². The maximum Gasteiger partial charge on any atom is 0.318 e. The molecule has 0 aliphatic carbocycles. The largest absolute Gasteiger partial charge is 0.508 e. The Morgan fingerprint density at radius 3 is 2.80 bits per heavy atom. The Morgan fingerprint density at radius 1 is 1.14 bits per heavy atom. The quantitative estimate of drug-likeness (QED) is 0.291. The number of aromatic hydroxyl groups is 1. The molecular formula is C33H39N7O4. The molecule has 1 atom stereocenters. The lowest BCUT2D eigenvalue weighted by molar-refractivity contribution is -0.128. The number of aromatic nitrogens is 2. The monoisotopic (exact) mass is 597 g/mol. The Balaban J connectivity index is 1.28. The first-order valence-electron chi connectivity index (χ1n) is 15.4. The third-order valence-electron chi connectivity index (χ3n) is 8.71. The van der Waals surface area contributed by atoms with E-state index in [4.69, 9.17) is 19.4 Å². The van der Waals surface area contributed by atoms with Gasteiger partial charge in [0, 0.05) is 68.5 Å². The minimum Gasteiger partial charge on any atom is -0.508 e. The van der Waals surface area contributed by atoms with Gasteiger partial charge in [-0.05, 0) is 30.4 Å². The summed E-state index contributed by atoms with van der Waals surface area (Å²) in [7, 11) is 0. The van der Waals surface area contributed by atoms with Crippen LogP contribution >= 0.6 is 0 Å². The van der Waals surface area contributed by atoms with E-state index in [-0.39, 0.29) is 24.1 Å². The third-order valence-corrected chi connectivity index (χ3v) is 8.71. The molecule has 3 aliphatic rings. The highest BCUT2D eigenvalue weighted by atomic mass is 16.5. The van der Waals surface area contributed by atoms with Crippen molar-refractivity contribution in [3.05, 3.63) is 60.3 Å². The van der Waals surface area contributed by atoms with E-state index >= 15 is 0 Å². The van der Waals surface area contributed by atoms with Crippen molar-refractivity contribution in [3.63, 3.8) is 0 Å². The molecule has 2 fully saturated rings. The summed E-state index contributed by atoms with van der Waals surface area (Å²) < 4.78 is 11.6. The Bertz CT molecular complexity index is 1550. The van der Waals surface area contributed by atoms with Crippen LogP contribution in [0.25, 0.3) is 10.8 Å². The van der Waals surface area contributed by atoms with Crippen LogP contribution in [0.5, 0.6) is 11.8 Å². The maximum absolute atomic E-state index is 12.5. The van der Waals surface area contributed by atoms with Crippen LogP contribution in [-0.4, -0.2) is 102 Å². The van der Waals surface area contributed by atoms with Gasteiger partial charge in [-0.3, -0.25) is 9.69 Å². The zero-order valence-electron chi connectivity index (χ0n) is 25.0. The number of nitrogens with zero attached hydrogens (tertiary/aromatic N) is 7. The number of piperazine rings is 1. The zero-order chi connectivity index (χ0) is 30.5. The van der Waals surface area contributed by atoms with Crippen molar-refractivity contribution in [2.45, 2.75) is 31.8 Å². The van der Waals surface area contributed by atoms with Gasteiger partial charge in [0.2, 0.25) is 5.91 Å². The van der Waals surface area contributed by atoms with Crippen molar-refractivity contribution < 1.29 is 19.4 Å². The van der Waals surface area contributed by atoms with Crippen LogP contribution in [0.1, 0.15) is 24.1 Å². The molecule has 230 valence electrons. The van der Waals surface area contributed by atoms with Gasteiger partial charge in [0.1, 0.15) is 11.6 Å². The maximum atomic E-state index is 12.5. The molecule has 1 N–H and O–H groups in total. The number of nitriles is 1. The summed E-state index contributed by atoms with van der Waals surface area (Å²) in [6.45, 7) is 11.3. The molecule has 6 rings (SSSR count). The van der Waals surface area contributed by atoms with E-state index in [9.17, 15) is 15.2 Å². The van der Waals surface area contributed by atoms with Gasteiger partial charge >= 0.3 is 6.01 Å². The number of morpholine rings is 1. The minimum absolute atomic E-state index is 0.159. The van der Waals surface area contributed by atoms with Crippen LogP contribution in [-0.2, 0) is 22.5 Å². The summed E-state index contributed by atoms with van der Waals surface area (Å²) in [6.07, 6.45) is 3.10. The number of ether oxygens (including phenoxy) is 2. The van der Waals surface area contributed by atoms with Crippen molar-refractivity contribution in [1.29, 1.82) is 5.26 Å². The molecule has 11 heteroatoms. The summed E-state index contributed by atoms with van der Waals surface area (Å²) in [5.41, 5.74) is 2.91. The molecule has 1 aromatic heterocycles. The van der Waals surface area contributed by atoms with Crippen molar-refractivity contribution in [1.82, 2.24) is 19.8 Å². The Hall–Kier alpha value is -4.40. The number of phenolic OH excluding ortho intramolecular Hbond substituents is 1. The van der Waals surface area contributed by atoms with E-state index in [1.54, 1.807) is 11.0 Å². The molecule has 2 aromatic carbocycles. The Morgan fingerprint density at radius 2 is 1.98 bits per heavy atom. The average molecular weight is 598 g/mol. The number of hydrogen-bond donors (Lipinski definition) is 1. The molecule has 1 unspecified atom stereocenters. The second-order valence-electron chi connectivity index (χ2n) is 11.5. The highest BCUT2D eigenvalue weighted by Crippen LogP contribution is 2.36. The number of carbonyl (C=O) groups excluding carboxylic acids is 1. The Kier molecular flexibility index (Phi) is 9.09. The molecule has 2 saturated heterocycles. The highest BCUT2D eigenvalue weighted by Gasteiger charge is 2.33. The Labute approximate surface area is 257 Å². The van der Waals surface area contributed by atoms with Gasteiger partial charge in [0.05, 0.1) is 50.6 Å². The zero-order valence-corrected chi connectivity index (χ0v) is 25.0. The van der Waals surface area contributed by atoms with Crippen LogP contribution in [0.3, 0.4) is 0 Å². The molecule has 44 heavy (non-hydrogen) atoms. The standard InChI is InChI=1S/C33H39N7O4/c1-2-31(42)40-14-13-39(22-25(40)8-10-34)32-28-9-12-38(30-21-26(41)20-24-6-3-4-7-27(24)30)23-29(28)35-33(36-32)44-17-5-11-37-15-18-43-19-16-37/h2-4,6-7,20-21,25,41H,1,5,8-9,11-19,22-23H2. The van der Waals surface area contributed by atoms with E-state index in [0.29, 0.717) is 45.2 Å². The van der Waals surface area contributed by atoms with Crippen LogP contribution in [0.15, 0.2) is 49.1 Å². The summed E-state index contributed by atoms with van der Waals surface area (Å²) in [5, 5.41) is 22.1. The number of benzene rings is 2. The topological polar surface area (TPSA) is 118 Å². The molecule has 4 heterocycles. The van der Waals surface area contributed by atoms with Crippen LogP contribution in [0, 0.1) is 11.3 Å². The molecule has 3 aromatic rings. The van der Waals surface area contributed by atoms with Gasteiger partial charge in [-0.1, -0.05) is 30.8 Å². The number of fused-ring (bicyclic) bond motifs is 2. The van der Waals surface area contributed by atoms with Crippen molar-refractivity contribution in [3.8, 4) is 17.8 Å². The fourth-order valence-corrected chi connectivity index (χ4v) is 6.47. The van der Waals surface area contributed by atoms with Crippen LogP contribution in [0.4, 0.5) is 11.5 Å². The number of phenols is 1. The van der Waals surface area contributed by atoms with E-state index in [2.05, 4.69) is 33.4 Å². The van der Waals surface area contributed by atoms with Gasteiger partial charge in [-0.15, -0.1) is 0 Å². The average Bonchev–Trinajstić information content (AvgIpc) is 3.06. The predicted octanol–water partition coefficient (Wildman–Crippen LogP) is 3.12. The van der Waals surface area contributed by atoms with Crippen molar-refractivity contribution >= 4 is 28.2 Å². The summed E-state index contributed by atoms with van der Waals surface area (Å²) in [6, 6.07) is 14.0.